The molecule has 1 aromatic carbocycles. The van der Waals surface area contributed by atoms with Gasteiger partial charge in [-0.1, -0.05) is 0 Å². The number of nitrogens with one attached hydrogen (secondary N) is 2. The summed E-state index contributed by atoms with van der Waals surface area (Å²) in [5.74, 6) is -1.25. The van der Waals surface area contributed by atoms with Gasteiger partial charge in [-0.05, 0) is 55.3 Å². The Hall–Kier alpha value is -3.91. The Balaban J connectivity index is 1.47. The molecular formula is C23H17F4N5O4S. The topological polar surface area (TPSA) is 127 Å². The number of halogens is 4. The number of alkyl halides is 3. The highest BCUT2D eigenvalue weighted by Crippen LogP contribution is 2.31. The zero-order valence-corrected chi connectivity index (χ0v) is 19.5. The molecule has 192 valence electrons. The highest BCUT2D eigenvalue weighted by Gasteiger charge is 2.34. The molecule has 4 aromatic rings. The zero-order valence-electron chi connectivity index (χ0n) is 18.7. The Morgan fingerprint density at radius 2 is 1.84 bits per heavy atom. The monoisotopic (exact) mass is 535 g/mol. The molecule has 1 unspecified atom stereocenters. The summed E-state index contributed by atoms with van der Waals surface area (Å²) in [6.07, 6.45) is -3.43. The minimum atomic E-state index is -4.66. The van der Waals surface area contributed by atoms with Crippen molar-refractivity contribution in [1.29, 1.82) is 0 Å². The summed E-state index contributed by atoms with van der Waals surface area (Å²) in [5.41, 5.74) is -0.625. The maximum absolute atomic E-state index is 13.5. The van der Waals surface area contributed by atoms with Gasteiger partial charge in [0.1, 0.15) is 17.6 Å². The number of hydrogen-bond donors (Lipinski definition) is 2. The van der Waals surface area contributed by atoms with Gasteiger partial charge in [0, 0.05) is 29.1 Å². The fourth-order valence-corrected chi connectivity index (χ4v) is 4.60. The quantitative estimate of drug-likeness (QED) is 0.271. The van der Waals surface area contributed by atoms with E-state index in [0.29, 0.717) is 12.8 Å². The van der Waals surface area contributed by atoms with Crippen molar-refractivity contribution in [2.75, 3.05) is 0 Å². The second-order valence-electron chi connectivity index (χ2n) is 8.36. The summed E-state index contributed by atoms with van der Waals surface area (Å²) in [7, 11) is -4.38. The number of fused-ring (bicyclic) bond motifs is 1. The van der Waals surface area contributed by atoms with Crippen LogP contribution in [0.15, 0.2) is 64.2 Å². The lowest BCUT2D eigenvalue weighted by molar-refractivity contribution is -0.141. The van der Waals surface area contributed by atoms with E-state index in [0.717, 1.165) is 30.3 Å². The molecule has 9 nitrogen and oxygen atoms in total. The summed E-state index contributed by atoms with van der Waals surface area (Å²) < 4.78 is 85.9. The van der Waals surface area contributed by atoms with Crippen LogP contribution in [0.3, 0.4) is 0 Å². The number of pyridine rings is 1. The first-order valence-electron chi connectivity index (χ1n) is 10.9. The van der Waals surface area contributed by atoms with Crippen LogP contribution >= 0.6 is 0 Å². The molecule has 1 aliphatic carbocycles. The molecule has 1 aliphatic rings. The van der Waals surface area contributed by atoms with Gasteiger partial charge in [0.05, 0.1) is 11.4 Å². The third kappa shape index (κ3) is 5.44. The smallest absolute Gasteiger partial charge is 0.435 e. The second kappa shape index (κ2) is 9.19. The Morgan fingerprint density at radius 1 is 1.05 bits per heavy atom. The van der Waals surface area contributed by atoms with Crippen LogP contribution in [-0.4, -0.2) is 29.5 Å². The predicted molar refractivity (Wildman–Crippen MR) is 120 cm³/mol. The first kappa shape index (κ1) is 24.8. The van der Waals surface area contributed by atoms with Crippen LogP contribution in [0, 0.1) is 11.7 Å². The number of aromatic nitrogens is 3. The lowest BCUT2D eigenvalue weighted by Crippen LogP contribution is -2.42. The summed E-state index contributed by atoms with van der Waals surface area (Å²) in [6, 6.07) is 9.35. The average molecular weight is 535 g/mol. The number of benzene rings is 1. The van der Waals surface area contributed by atoms with Gasteiger partial charge in [0.2, 0.25) is 11.0 Å². The minimum absolute atomic E-state index is 0.0407. The van der Waals surface area contributed by atoms with E-state index in [4.69, 9.17) is 4.42 Å². The normalized spacial score (nSPS) is 15.0. The molecule has 3 heterocycles. The molecule has 1 fully saturated rings. The first-order chi connectivity index (χ1) is 17.5. The van der Waals surface area contributed by atoms with Crippen LogP contribution in [0.4, 0.5) is 17.6 Å². The Bertz CT molecular complexity index is 1580. The second-order valence-corrected chi connectivity index (χ2v) is 10.0. The SMILES string of the molecule is O=C(NC(NS(=O)(=O)c1cc2cc(F)ccc2o1)c1cc(-c2ccc(C(F)(F)F)nn2)ccn1)C1CC1. The lowest BCUT2D eigenvalue weighted by atomic mass is 10.1. The van der Waals surface area contributed by atoms with E-state index < -0.39 is 44.9 Å². The highest BCUT2D eigenvalue weighted by atomic mass is 32.2. The van der Waals surface area contributed by atoms with E-state index in [2.05, 4.69) is 25.2 Å². The van der Waals surface area contributed by atoms with E-state index >= 15 is 0 Å². The van der Waals surface area contributed by atoms with E-state index in [1.54, 1.807) is 0 Å². The molecule has 37 heavy (non-hydrogen) atoms. The lowest BCUT2D eigenvalue weighted by Gasteiger charge is -2.19. The Kier molecular flexibility index (Phi) is 6.15. The van der Waals surface area contributed by atoms with Crippen LogP contribution in [0.5, 0.6) is 0 Å². The van der Waals surface area contributed by atoms with E-state index in [-0.39, 0.29) is 33.8 Å². The molecule has 0 saturated heterocycles. The Morgan fingerprint density at radius 3 is 2.51 bits per heavy atom. The zero-order chi connectivity index (χ0) is 26.4. The van der Waals surface area contributed by atoms with Crippen molar-refractivity contribution in [3.8, 4) is 11.3 Å². The van der Waals surface area contributed by atoms with Crippen LogP contribution in [0.2, 0.25) is 0 Å². The number of nitrogens with zero attached hydrogens (tertiary/aromatic N) is 3. The molecular weight excluding hydrogens is 518 g/mol. The van der Waals surface area contributed by atoms with Gasteiger partial charge in [0.15, 0.2) is 5.69 Å². The average Bonchev–Trinajstić information content (AvgIpc) is 3.62. The summed E-state index contributed by atoms with van der Waals surface area (Å²) in [4.78, 5) is 16.6. The molecule has 14 heteroatoms. The fourth-order valence-electron chi connectivity index (χ4n) is 3.51. The van der Waals surface area contributed by atoms with Crippen molar-refractivity contribution in [2.45, 2.75) is 30.3 Å². The number of amides is 1. The number of rotatable bonds is 7. The van der Waals surface area contributed by atoms with Crippen molar-refractivity contribution < 1.29 is 35.2 Å². The van der Waals surface area contributed by atoms with Gasteiger partial charge >= 0.3 is 6.18 Å². The number of furan rings is 1. The van der Waals surface area contributed by atoms with Crippen molar-refractivity contribution in [3.63, 3.8) is 0 Å². The van der Waals surface area contributed by atoms with Crippen LogP contribution in [0.25, 0.3) is 22.2 Å². The standard InChI is InChI=1S/C23H17F4N5O4S/c24-15-3-5-18-14(9-15)11-20(36-18)37(34,35)32-21(29-22(33)12-1-2-12)17-10-13(7-8-28-17)16-4-6-19(31-30-16)23(25,26)27/h3-12,21,32H,1-2H2,(H,29,33). The molecule has 2 N–H and O–H groups in total. The highest BCUT2D eigenvalue weighted by molar-refractivity contribution is 7.89. The molecule has 0 bridgehead atoms. The number of carbonyl (C=O) groups excluding carboxylic acids is 1. The van der Waals surface area contributed by atoms with Crippen LogP contribution in [-0.2, 0) is 21.0 Å². The maximum Gasteiger partial charge on any atom is 0.435 e. The van der Waals surface area contributed by atoms with Crippen molar-refractivity contribution in [3.05, 3.63) is 71.9 Å². The molecule has 0 aliphatic heterocycles. The van der Waals surface area contributed by atoms with E-state index in [9.17, 15) is 30.8 Å². The van der Waals surface area contributed by atoms with Crippen molar-refractivity contribution in [2.24, 2.45) is 5.92 Å². The van der Waals surface area contributed by atoms with Gasteiger partial charge in [-0.3, -0.25) is 9.78 Å². The molecule has 5 rings (SSSR count). The summed E-state index contributed by atoms with van der Waals surface area (Å²) in [6.45, 7) is 0. The third-order valence-electron chi connectivity index (χ3n) is 5.56. The Labute approximate surface area is 207 Å². The molecule has 0 spiro atoms. The van der Waals surface area contributed by atoms with Crippen molar-refractivity contribution >= 4 is 26.9 Å². The van der Waals surface area contributed by atoms with Gasteiger partial charge in [0.25, 0.3) is 10.0 Å². The third-order valence-corrected chi connectivity index (χ3v) is 6.83. The van der Waals surface area contributed by atoms with Crippen molar-refractivity contribution in [1.82, 2.24) is 25.2 Å². The van der Waals surface area contributed by atoms with E-state index in [1.807, 2.05) is 0 Å². The van der Waals surface area contributed by atoms with Crippen LogP contribution in [0.1, 0.15) is 30.4 Å². The predicted octanol–water partition coefficient (Wildman–Crippen LogP) is 3.95. The molecule has 3 aromatic heterocycles. The van der Waals surface area contributed by atoms with Gasteiger partial charge in [-0.25, -0.2) is 12.8 Å². The molecule has 1 amide bonds. The van der Waals surface area contributed by atoms with Crippen LogP contribution < -0.4 is 10.0 Å². The molecule has 0 radical (unpaired) electrons. The van der Waals surface area contributed by atoms with Gasteiger partial charge in [-0.15, -0.1) is 10.2 Å². The number of sulfonamides is 1. The minimum Gasteiger partial charge on any atom is -0.443 e. The fraction of sp³-hybridized carbons (Fsp3) is 0.217. The summed E-state index contributed by atoms with van der Waals surface area (Å²) in [5, 5.41) is 9.10. The van der Waals surface area contributed by atoms with Gasteiger partial charge in [-0.2, -0.15) is 17.9 Å². The maximum atomic E-state index is 13.5. The molecule has 1 atom stereocenters. The first-order valence-corrected chi connectivity index (χ1v) is 12.4. The van der Waals surface area contributed by atoms with E-state index in [1.165, 1.54) is 24.4 Å². The number of hydrogen-bond acceptors (Lipinski definition) is 7. The largest absolute Gasteiger partial charge is 0.443 e. The molecule has 1 saturated carbocycles. The van der Waals surface area contributed by atoms with Gasteiger partial charge < -0.3 is 9.73 Å². The number of carbonyl (C=O) groups is 1. The summed E-state index contributed by atoms with van der Waals surface area (Å²) >= 11 is 0.